The summed E-state index contributed by atoms with van der Waals surface area (Å²) in [5.41, 5.74) is 6.87. The molecular weight excluding hydrogens is 420 g/mol. The van der Waals surface area contributed by atoms with E-state index in [-0.39, 0.29) is 0 Å². The molecule has 1 aliphatic rings. The molecule has 4 nitrogen and oxygen atoms in total. The van der Waals surface area contributed by atoms with Crippen molar-refractivity contribution in [1.82, 2.24) is 19.9 Å². The van der Waals surface area contributed by atoms with Gasteiger partial charge in [-0.15, -0.1) is 0 Å². The molecule has 5 rings (SSSR count). The molecule has 1 aliphatic heterocycles. The van der Waals surface area contributed by atoms with Gasteiger partial charge in [0.2, 0.25) is 0 Å². The second-order valence-corrected chi connectivity index (χ2v) is 12.8. The lowest BCUT2D eigenvalue weighted by atomic mass is 9.90. The number of rotatable bonds is 6. The van der Waals surface area contributed by atoms with E-state index in [1.807, 2.05) is 12.4 Å². The van der Waals surface area contributed by atoms with Gasteiger partial charge in [-0.25, -0.2) is 0 Å². The SMILES string of the molecule is CC[Si]1(CC)C(c2cnccn2)=C(c2ccccc2)C(c2ccccc2)=C1c1cnccn1. The van der Waals surface area contributed by atoms with E-state index in [9.17, 15) is 0 Å². The van der Waals surface area contributed by atoms with Gasteiger partial charge in [-0.2, -0.15) is 0 Å². The summed E-state index contributed by atoms with van der Waals surface area (Å²) in [5.74, 6) is 0. The summed E-state index contributed by atoms with van der Waals surface area (Å²) in [6.45, 7) is 4.64. The Bertz CT molecular complexity index is 1200. The highest BCUT2D eigenvalue weighted by Crippen LogP contribution is 2.57. The van der Waals surface area contributed by atoms with Crippen molar-refractivity contribution in [1.29, 1.82) is 0 Å². The van der Waals surface area contributed by atoms with Crippen LogP contribution < -0.4 is 0 Å². The van der Waals surface area contributed by atoms with Gasteiger partial charge in [0.05, 0.1) is 23.8 Å². The third-order valence-corrected chi connectivity index (χ3v) is 12.0. The summed E-state index contributed by atoms with van der Waals surface area (Å²) in [6.07, 6.45) is 11.0. The van der Waals surface area contributed by atoms with E-state index in [0.717, 1.165) is 23.5 Å². The number of hydrogen-bond donors (Lipinski definition) is 0. The van der Waals surface area contributed by atoms with Crippen LogP contribution in [0.1, 0.15) is 36.4 Å². The minimum atomic E-state index is -2.26. The minimum absolute atomic E-state index is 0.971. The van der Waals surface area contributed by atoms with E-state index >= 15 is 0 Å². The Morgan fingerprint density at radius 2 is 1.00 bits per heavy atom. The van der Waals surface area contributed by atoms with Gasteiger partial charge in [-0.05, 0) is 32.7 Å². The summed E-state index contributed by atoms with van der Waals surface area (Å²) >= 11 is 0. The van der Waals surface area contributed by atoms with Crippen LogP contribution >= 0.6 is 0 Å². The van der Waals surface area contributed by atoms with Gasteiger partial charge in [0, 0.05) is 24.8 Å². The molecule has 5 heteroatoms. The molecule has 0 amide bonds. The van der Waals surface area contributed by atoms with E-state index in [0.29, 0.717) is 0 Å². The summed E-state index contributed by atoms with van der Waals surface area (Å²) in [5, 5.41) is 2.71. The van der Waals surface area contributed by atoms with Crippen molar-refractivity contribution in [3.63, 3.8) is 0 Å². The maximum atomic E-state index is 4.84. The maximum absolute atomic E-state index is 4.84. The Hall–Kier alpha value is -3.70. The third-order valence-electron chi connectivity index (χ3n) is 6.68. The standard InChI is InChI=1S/C28H26N4Si/c1-3-33(4-2)27(23-19-29-15-17-31-23)25(21-11-7-5-8-12-21)26(22-13-9-6-10-14-22)28(33)24-20-30-16-18-32-24/h5-20H,3-4H2,1-2H3. The van der Waals surface area contributed by atoms with Crippen molar-refractivity contribution in [2.24, 2.45) is 0 Å². The Morgan fingerprint density at radius 1 is 0.576 bits per heavy atom. The molecule has 0 saturated carbocycles. The Balaban J connectivity index is 1.97. The molecule has 0 spiro atoms. The number of allylic oxidation sites excluding steroid dienone is 2. The highest BCUT2D eigenvalue weighted by Gasteiger charge is 2.49. The van der Waals surface area contributed by atoms with Crippen LogP contribution in [-0.2, 0) is 0 Å². The summed E-state index contributed by atoms with van der Waals surface area (Å²) in [7, 11) is -2.26. The molecule has 2 aromatic heterocycles. The fraction of sp³-hybridized carbons (Fsp3) is 0.143. The predicted octanol–water partition coefficient (Wildman–Crippen LogP) is 6.37. The van der Waals surface area contributed by atoms with Crippen LogP contribution in [-0.4, -0.2) is 28.0 Å². The lowest BCUT2D eigenvalue weighted by Gasteiger charge is -2.31. The van der Waals surface area contributed by atoms with E-state index < -0.39 is 8.07 Å². The van der Waals surface area contributed by atoms with E-state index in [4.69, 9.17) is 9.97 Å². The van der Waals surface area contributed by atoms with Crippen LogP contribution in [0, 0.1) is 0 Å². The van der Waals surface area contributed by atoms with E-state index in [1.54, 1.807) is 24.8 Å². The molecule has 0 aliphatic carbocycles. The fourth-order valence-electron chi connectivity index (χ4n) is 5.20. The zero-order chi connectivity index (χ0) is 22.7. The first-order chi connectivity index (χ1) is 16.3. The smallest absolute Gasteiger partial charge is 0.125 e. The van der Waals surface area contributed by atoms with Crippen LogP contribution in [0.3, 0.4) is 0 Å². The van der Waals surface area contributed by atoms with Crippen LogP contribution in [0.15, 0.2) is 97.8 Å². The maximum Gasteiger partial charge on any atom is 0.125 e. The Labute approximate surface area is 195 Å². The molecular formula is C28H26N4Si. The monoisotopic (exact) mass is 446 g/mol. The first-order valence-corrected chi connectivity index (χ1v) is 13.8. The highest BCUT2D eigenvalue weighted by molar-refractivity contribution is 7.14. The average molecular weight is 447 g/mol. The predicted molar refractivity (Wildman–Crippen MR) is 137 cm³/mol. The van der Waals surface area contributed by atoms with Crippen molar-refractivity contribution in [2.45, 2.75) is 25.9 Å². The largest absolute Gasteiger partial charge is 0.261 e. The van der Waals surface area contributed by atoms with Gasteiger partial charge in [0.25, 0.3) is 0 Å². The van der Waals surface area contributed by atoms with Gasteiger partial charge in [0.15, 0.2) is 0 Å². The van der Waals surface area contributed by atoms with Gasteiger partial charge < -0.3 is 0 Å². The van der Waals surface area contributed by atoms with Crippen LogP contribution in [0.5, 0.6) is 0 Å². The summed E-state index contributed by atoms with van der Waals surface area (Å²) < 4.78 is 0. The molecule has 0 unspecified atom stereocenters. The average Bonchev–Trinajstić information content (AvgIpc) is 3.22. The van der Waals surface area contributed by atoms with Crippen LogP contribution in [0.25, 0.3) is 21.5 Å². The first kappa shape index (κ1) is 21.2. The molecule has 0 N–H and O–H groups in total. The first-order valence-electron chi connectivity index (χ1n) is 11.4. The van der Waals surface area contributed by atoms with Gasteiger partial charge >= 0.3 is 0 Å². The second-order valence-electron chi connectivity index (χ2n) is 8.20. The zero-order valence-corrected chi connectivity index (χ0v) is 19.9. The van der Waals surface area contributed by atoms with Crippen LogP contribution in [0.2, 0.25) is 12.1 Å². The van der Waals surface area contributed by atoms with Crippen LogP contribution in [0.4, 0.5) is 0 Å². The summed E-state index contributed by atoms with van der Waals surface area (Å²) in [6, 6.07) is 23.5. The summed E-state index contributed by atoms with van der Waals surface area (Å²) in [4.78, 5) is 18.6. The number of aromatic nitrogens is 4. The fourth-order valence-corrected chi connectivity index (χ4v) is 10.1. The molecule has 33 heavy (non-hydrogen) atoms. The topological polar surface area (TPSA) is 51.6 Å². The zero-order valence-electron chi connectivity index (χ0n) is 18.9. The molecule has 2 aromatic carbocycles. The lowest BCUT2D eigenvalue weighted by molar-refractivity contribution is 1.16. The molecule has 0 bridgehead atoms. The van der Waals surface area contributed by atoms with Crippen molar-refractivity contribution in [3.8, 4) is 0 Å². The van der Waals surface area contributed by atoms with E-state index in [1.165, 1.54) is 32.7 Å². The number of hydrogen-bond acceptors (Lipinski definition) is 4. The molecule has 0 atom stereocenters. The normalized spacial score (nSPS) is 15.2. The van der Waals surface area contributed by atoms with Gasteiger partial charge in [-0.1, -0.05) is 86.6 Å². The Morgan fingerprint density at radius 3 is 1.33 bits per heavy atom. The number of benzene rings is 2. The van der Waals surface area contributed by atoms with Gasteiger partial charge in [-0.3, -0.25) is 19.9 Å². The van der Waals surface area contributed by atoms with Crippen molar-refractivity contribution < 1.29 is 0 Å². The minimum Gasteiger partial charge on any atom is -0.261 e. The van der Waals surface area contributed by atoms with Crippen molar-refractivity contribution in [2.75, 3.05) is 0 Å². The third kappa shape index (κ3) is 3.54. The molecule has 0 radical (unpaired) electrons. The molecule has 4 aromatic rings. The van der Waals surface area contributed by atoms with Crippen molar-refractivity contribution >= 4 is 29.6 Å². The van der Waals surface area contributed by atoms with E-state index in [2.05, 4.69) is 84.5 Å². The van der Waals surface area contributed by atoms with Crippen molar-refractivity contribution in [3.05, 3.63) is 120 Å². The quantitative estimate of drug-likeness (QED) is 0.323. The molecule has 162 valence electrons. The Kier molecular flexibility index (Phi) is 5.80. The highest BCUT2D eigenvalue weighted by atomic mass is 28.3. The number of nitrogens with zero attached hydrogens (tertiary/aromatic N) is 4. The molecule has 0 fully saturated rings. The lowest BCUT2D eigenvalue weighted by Crippen LogP contribution is -2.36. The molecule has 3 heterocycles. The molecule has 0 saturated heterocycles. The van der Waals surface area contributed by atoms with Gasteiger partial charge in [0.1, 0.15) is 8.07 Å². The second kappa shape index (κ2) is 9.04.